The summed E-state index contributed by atoms with van der Waals surface area (Å²) in [6.07, 6.45) is 1.76. The number of benzene rings is 2. The summed E-state index contributed by atoms with van der Waals surface area (Å²) >= 11 is 0. The standard InChI is InChI=1S/C27H24N6O5/c1-27(2,17-5-3-15(4-6-17)24-29-19(12-28)14-38-24)32-26(37)30-18-7-8-20-16(11-18)13-33(25(20)36)21-9-10-22(34)31-23(21)35/h3-8,11,14,21H,9-10,13H2,1-2H3,(H2,30,32,37)(H,31,34,35). The highest BCUT2D eigenvalue weighted by Gasteiger charge is 2.39. The maximum atomic E-state index is 12.9. The normalized spacial score (nSPS) is 17.0. The fourth-order valence-corrected chi connectivity index (χ4v) is 4.66. The lowest BCUT2D eigenvalue weighted by molar-refractivity contribution is -0.136. The van der Waals surface area contributed by atoms with Crippen LogP contribution in [0.2, 0.25) is 0 Å². The molecule has 2 aromatic carbocycles. The number of oxazole rings is 1. The molecule has 2 aliphatic rings. The van der Waals surface area contributed by atoms with Crippen LogP contribution in [0.4, 0.5) is 10.5 Å². The summed E-state index contributed by atoms with van der Waals surface area (Å²) in [6.45, 7) is 3.94. The summed E-state index contributed by atoms with van der Waals surface area (Å²) in [5, 5.41) is 17.0. The number of hydrogen-bond acceptors (Lipinski definition) is 7. The first-order valence-corrected chi connectivity index (χ1v) is 12.0. The van der Waals surface area contributed by atoms with Gasteiger partial charge in [0.2, 0.25) is 17.7 Å². The van der Waals surface area contributed by atoms with Crippen LogP contribution in [0.3, 0.4) is 0 Å². The Bertz CT molecular complexity index is 1500. The minimum absolute atomic E-state index is 0.184. The Kier molecular flexibility index (Phi) is 6.16. The van der Waals surface area contributed by atoms with E-state index in [2.05, 4.69) is 20.9 Å². The number of aromatic nitrogens is 1. The first-order chi connectivity index (χ1) is 18.1. The second kappa shape index (κ2) is 9.48. The maximum Gasteiger partial charge on any atom is 0.319 e. The zero-order valence-electron chi connectivity index (χ0n) is 20.7. The highest BCUT2D eigenvalue weighted by molar-refractivity contribution is 6.05. The number of rotatable bonds is 5. The van der Waals surface area contributed by atoms with Crippen molar-refractivity contribution in [3.63, 3.8) is 0 Å². The molecule has 0 spiro atoms. The van der Waals surface area contributed by atoms with Gasteiger partial charge in [-0.15, -0.1) is 0 Å². The van der Waals surface area contributed by atoms with E-state index in [4.69, 9.17) is 9.68 Å². The van der Waals surface area contributed by atoms with Crippen molar-refractivity contribution in [2.75, 3.05) is 5.32 Å². The Hall–Kier alpha value is -4.98. The lowest BCUT2D eigenvalue weighted by Crippen LogP contribution is -2.52. The topological polar surface area (TPSA) is 157 Å². The molecule has 0 saturated carbocycles. The molecule has 5 amide bonds. The van der Waals surface area contributed by atoms with Gasteiger partial charge in [-0.3, -0.25) is 19.7 Å². The van der Waals surface area contributed by atoms with Crippen molar-refractivity contribution >= 4 is 29.4 Å². The van der Waals surface area contributed by atoms with Crippen LogP contribution in [0, 0.1) is 11.3 Å². The highest BCUT2D eigenvalue weighted by atomic mass is 16.3. The van der Waals surface area contributed by atoms with Crippen LogP contribution in [-0.2, 0) is 21.7 Å². The summed E-state index contributed by atoms with van der Waals surface area (Å²) in [4.78, 5) is 55.0. The summed E-state index contributed by atoms with van der Waals surface area (Å²) in [5.41, 5.74) is 2.67. The lowest BCUT2D eigenvalue weighted by atomic mass is 9.93. The number of carbonyl (C=O) groups excluding carboxylic acids is 4. The molecule has 5 rings (SSSR count). The molecule has 3 N–H and O–H groups in total. The number of imide groups is 1. The van der Waals surface area contributed by atoms with Crippen LogP contribution in [0.15, 0.2) is 53.1 Å². The van der Waals surface area contributed by atoms with E-state index in [0.717, 1.165) is 5.56 Å². The van der Waals surface area contributed by atoms with Crippen LogP contribution < -0.4 is 16.0 Å². The van der Waals surface area contributed by atoms with Gasteiger partial charge in [-0.2, -0.15) is 10.2 Å². The number of anilines is 1. The third kappa shape index (κ3) is 4.71. The van der Waals surface area contributed by atoms with Crippen molar-refractivity contribution in [1.82, 2.24) is 20.5 Å². The van der Waals surface area contributed by atoms with Gasteiger partial charge >= 0.3 is 6.03 Å². The number of nitrogens with zero attached hydrogens (tertiary/aromatic N) is 3. The average molecular weight is 513 g/mol. The predicted octanol–water partition coefficient (Wildman–Crippen LogP) is 3.03. The van der Waals surface area contributed by atoms with Gasteiger partial charge < -0.3 is 20.0 Å². The van der Waals surface area contributed by atoms with E-state index in [1.165, 1.54) is 11.2 Å². The van der Waals surface area contributed by atoms with Gasteiger partial charge in [-0.05, 0) is 61.7 Å². The average Bonchev–Trinajstić information content (AvgIpc) is 3.48. The molecule has 1 unspecified atom stereocenters. The van der Waals surface area contributed by atoms with E-state index in [0.29, 0.717) is 28.3 Å². The molecule has 1 atom stereocenters. The molecular weight excluding hydrogens is 488 g/mol. The van der Waals surface area contributed by atoms with E-state index < -0.39 is 23.5 Å². The summed E-state index contributed by atoms with van der Waals surface area (Å²) in [7, 11) is 0. The van der Waals surface area contributed by atoms with Gasteiger partial charge in [-0.1, -0.05) is 12.1 Å². The molecule has 0 radical (unpaired) electrons. The fraction of sp³-hybridized carbons (Fsp3) is 0.259. The highest BCUT2D eigenvalue weighted by Crippen LogP contribution is 2.30. The Morgan fingerprint density at radius 2 is 1.95 bits per heavy atom. The number of hydrogen-bond donors (Lipinski definition) is 3. The summed E-state index contributed by atoms with van der Waals surface area (Å²) < 4.78 is 5.32. The van der Waals surface area contributed by atoms with Crippen LogP contribution in [0.1, 0.15) is 53.9 Å². The Balaban J connectivity index is 1.23. The molecule has 11 heteroatoms. The van der Waals surface area contributed by atoms with E-state index >= 15 is 0 Å². The van der Waals surface area contributed by atoms with Gasteiger partial charge in [0.25, 0.3) is 5.91 Å². The van der Waals surface area contributed by atoms with Crippen molar-refractivity contribution in [1.29, 1.82) is 5.26 Å². The molecular formula is C27H24N6O5. The number of amides is 5. The van der Waals surface area contributed by atoms with Crippen molar-refractivity contribution < 1.29 is 23.6 Å². The largest absolute Gasteiger partial charge is 0.443 e. The van der Waals surface area contributed by atoms with Crippen molar-refractivity contribution in [2.24, 2.45) is 0 Å². The first kappa shape index (κ1) is 24.7. The molecule has 38 heavy (non-hydrogen) atoms. The number of piperidine rings is 1. The second-order valence-electron chi connectivity index (χ2n) is 9.70. The molecule has 1 aromatic heterocycles. The molecule has 3 aromatic rings. The van der Waals surface area contributed by atoms with Crippen molar-refractivity contribution in [3.8, 4) is 17.5 Å². The smallest absolute Gasteiger partial charge is 0.319 e. The van der Waals surface area contributed by atoms with Gasteiger partial charge in [0.1, 0.15) is 18.4 Å². The minimum Gasteiger partial charge on any atom is -0.443 e. The zero-order chi connectivity index (χ0) is 27.0. The lowest BCUT2D eigenvalue weighted by Gasteiger charge is -2.29. The number of carbonyl (C=O) groups is 4. The van der Waals surface area contributed by atoms with Crippen LogP contribution >= 0.6 is 0 Å². The second-order valence-corrected chi connectivity index (χ2v) is 9.70. The minimum atomic E-state index is -0.730. The monoisotopic (exact) mass is 512 g/mol. The Morgan fingerprint density at radius 1 is 1.18 bits per heavy atom. The van der Waals surface area contributed by atoms with Gasteiger partial charge in [0, 0.05) is 29.8 Å². The quantitative estimate of drug-likeness (QED) is 0.443. The van der Waals surface area contributed by atoms with Gasteiger partial charge in [-0.25, -0.2) is 4.79 Å². The molecule has 0 bridgehead atoms. The zero-order valence-corrected chi connectivity index (χ0v) is 20.7. The number of fused-ring (bicyclic) bond motifs is 1. The van der Waals surface area contributed by atoms with Crippen molar-refractivity contribution in [2.45, 2.75) is 44.8 Å². The maximum absolute atomic E-state index is 12.9. The molecule has 3 heterocycles. The molecule has 2 aliphatic heterocycles. The Morgan fingerprint density at radius 3 is 2.63 bits per heavy atom. The first-order valence-electron chi connectivity index (χ1n) is 12.0. The van der Waals surface area contributed by atoms with E-state index in [-0.39, 0.29) is 36.9 Å². The van der Waals surface area contributed by atoms with Crippen LogP contribution in [0.5, 0.6) is 0 Å². The van der Waals surface area contributed by atoms with E-state index in [1.807, 2.05) is 32.0 Å². The van der Waals surface area contributed by atoms with Crippen LogP contribution in [0.25, 0.3) is 11.5 Å². The molecule has 11 nitrogen and oxygen atoms in total. The number of urea groups is 1. The van der Waals surface area contributed by atoms with E-state index in [1.54, 1.807) is 30.3 Å². The predicted molar refractivity (Wildman–Crippen MR) is 134 cm³/mol. The van der Waals surface area contributed by atoms with Crippen LogP contribution in [-0.4, -0.2) is 39.7 Å². The van der Waals surface area contributed by atoms with Gasteiger partial charge in [0.05, 0.1) is 5.54 Å². The molecule has 1 fully saturated rings. The third-order valence-corrected chi connectivity index (χ3v) is 6.68. The van der Waals surface area contributed by atoms with Gasteiger partial charge in [0.15, 0.2) is 5.69 Å². The Labute approximate surface area is 217 Å². The van der Waals surface area contributed by atoms with E-state index in [9.17, 15) is 19.2 Å². The summed E-state index contributed by atoms with van der Waals surface area (Å²) in [5.74, 6) is -0.746. The molecule has 0 aliphatic carbocycles. The summed E-state index contributed by atoms with van der Waals surface area (Å²) in [6, 6.07) is 13.1. The van der Waals surface area contributed by atoms with Crippen molar-refractivity contribution in [3.05, 3.63) is 71.1 Å². The SMILES string of the molecule is CC(C)(NC(=O)Nc1ccc2c(c1)CN(C1CCC(=O)NC1=O)C2=O)c1ccc(-c2nc(C#N)co2)cc1. The number of nitrogens with one attached hydrogen (secondary N) is 3. The third-order valence-electron chi connectivity index (χ3n) is 6.68. The number of nitriles is 1. The molecule has 192 valence electrons. The molecule has 1 saturated heterocycles. The fourth-order valence-electron chi connectivity index (χ4n) is 4.66.